The van der Waals surface area contributed by atoms with Gasteiger partial charge in [-0.2, -0.15) is 0 Å². The van der Waals surface area contributed by atoms with Crippen LogP contribution in [0.15, 0.2) is 95.4 Å². The van der Waals surface area contributed by atoms with Crippen LogP contribution >= 0.6 is 0 Å². The van der Waals surface area contributed by atoms with E-state index in [1.165, 1.54) is 0 Å². The highest BCUT2D eigenvalue weighted by molar-refractivity contribution is 6.27. The van der Waals surface area contributed by atoms with E-state index in [1.54, 1.807) is 0 Å². The molecular weight excluding hydrogens is 560 g/mol. The van der Waals surface area contributed by atoms with Crippen LogP contribution in [0.1, 0.15) is 0 Å². The molecule has 8 heteroatoms. The maximum absolute atomic E-state index is 11.4. The maximum atomic E-state index is 11.4. The molecular formula is C36H22O8. The van der Waals surface area contributed by atoms with Gasteiger partial charge in [-0.15, -0.1) is 0 Å². The fraction of sp³-hybridized carbons (Fsp3) is 0. The van der Waals surface area contributed by atoms with Gasteiger partial charge in [-0.1, -0.05) is 84.9 Å². The summed E-state index contributed by atoms with van der Waals surface area (Å²) in [6.07, 6.45) is 0. The van der Waals surface area contributed by atoms with E-state index in [1.807, 2.05) is 72.8 Å². The highest BCUT2D eigenvalue weighted by Crippen LogP contribution is 2.59. The lowest BCUT2D eigenvalue weighted by Crippen LogP contribution is -1.92. The Balaban J connectivity index is 1.58. The Kier molecular flexibility index (Phi) is 5.12. The molecule has 0 saturated carbocycles. The molecule has 0 atom stereocenters. The van der Waals surface area contributed by atoms with Crippen molar-refractivity contribution in [2.45, 2.75) is 0 Å². The van der Waals surface area contributed by atoms with Crippen molar-refractivity contribution < 1.29 is 40.2 Å². The zero-order valence-electron chi connectivity index (χ0n) is 22.7. The minimum absolute atomic E-state index is 0.0262. The van der Waals surface area contributed by atoms with Gasteiger partial charge in [0, 0.05) is 5.56 Å². The molecule has 44 heavy (non-hydrogen) atoms. The molecule has 0 fully saturated rings. The number of hydrogen-bond acceptors (Lipinski definition) is 8. The minimum Gasteiger partial charge on any atom is -0.504 e. The molecule has 0 aliphatic heterocycles. The van der Waals surface area contributed by atoms with Crippen molar-refractivity contribution in [3.8, 4) is 62.5 Å². The molecule has 0 radical (unpaired) electrons. The number of fused-ring (bicyclic) bond motifs is 6. The quantitative estimate of drug-likeness (QED) is 0.0610. The molecule has 0 aliphatic carbocycles. The maximum Gasteiger partial charge on any atom is 0.208 e. The molecule has 0 aliphatic rings. The Labute approximate surface area is 247 Å². The first-order chi connectivity index (χ1) is 21.3. The number of aromatic hydroxyl groups is 7. The largest absolute Gasteiger partial charge is 0.504 e. The normalized spacial score (nSPS) is 11.8. The molecule has 8 rings (SSSR count). The van der Waals surface area contributed by atoms with E-state index in [0.29, 0.717) is 16.3 Å². The second-order valence-electron chi connectivity index (χ2n) is 10.7. The van der Waals surface area contributed by atoms with E-state index in [2.05, 4.69) is 18.2 Å². The first-order valence-corrected chi connectivity index (χ1v) is 13.7. The van der Waals surface area contributed by atoms with Crippen LogP contribution in [0.25, 0.3) is 76.5 Å². The van der Waals surface area contributed by atoms with Crippen LogP contribution in [0.2, 0.25) is 0 Å². The Bertz CT molecular complexity index is 2470. The molecule has 214 valence electrons. The Morgan fingerprint density at radius 1 is 0.364 bits per heavy atom. The molecule has 0 spiro atoms. The van der Waals surface area contributed by atoms with E-state index in [9.17, 15) is 35.7 Å². The average Bonchev–Trinajstić information content (AvgIpc) is 3.45. The lowest BCUT2D eigenvalue weighted by Gasteiger charge is -2.19. The summed E-state index contributed by atoms with van der Waals surface area (Å²) in [4.78, 5) is 0. The number of furan rings is 1. The third-order valence-corrected chi connectivity index (χ3v) is 8.40. The number of phenols is 7. The SMILES string of the molecule is Oc1c(O)c(O)c2c(oc3c(-c4c5ccccc5c(-c5ccc6ccccc6c5)c5ccccc45)c(O)c(O)c(O)c32)c1O. The summed E-state index contributed by atoms with van der Waals surface area (Å²) in [7, 11) is 0. The number of rotatable bonds is 2. The topological polar surface area (TPSA) is 155 Å². The zero-order chi connectivity index (χ0) is 30.4. The number of hydrogen-bond donors (Lipinski definition) is 7. The van der Waals surface area contributed by atoms with E-state index in [0.717, 1.165) is 32.7 Å². The minimum atomic E-state index is -1.04. The van der Waals surface area contributed by atoms with Crippen LogP contribution in [0.4, 0.5) is 0 Å². The smallest absolute Gasteiger partial charge is 0.208 e. The second-order valence-corrected chi connectivity index (χ2v) is 10.7. The summed E-state index contributed by atoms with van der Waals surface area (Å²) in [5.41, 5.74) is 1.67. The van der Waals surface area contributed by atoms with Gasteiger partial charge in [0.2, 0.25) is 23.0 Å². The highest BCUT2D eigenvalue weighted by atomic mass is 16.4. The van der Waals surface area contributed by atoms with Crippen LogP contribution in [-0.2, 0) is 0 Å². The van der Waals surface area contributed by atoms with Gasteiger partial charge in [0.15, 0.2) is 28.4 Å². The number of phenolic OH excluding ortho intramolecular Hbond substituents is 7. The summed E-state index contributed by atoms with van der Waals surface area (Å²) in [6, 6.07) is 29.4. The van der Waals surface area contributed by atoms with Crippen molar-refractivity contribution in [1.82, 2.24) is 0 Å². The van der Waals surface area contributed by atoms with Crippen molar-refractivity contribution in [1.29, 1.82) is 0 Å². The van der Waals surface area contributed by atoms with E-state index in [-0.39, 0.29) is 21.9 Å². The van der Waals surface area contributed by atoms with E-state index in [4.69, 9.17) is 4.42 Å². The fourth-order valence-corrected chi connectivity index (χ4v) is 6.42. The summed E-state index contributed by atoms with van der Waals surface area (Å²) in [6.45, 7) is 0. The molecule has 7 aromatic carbocycles. The third kappa shape index (κ3) is 3.22. The molecule has 8 nitrogen and oxygen atoms in total. The first kappa shape index (κ1) is 25.4. The summed E-state index contributed by atoms with van der Waals surface area (Å²) < 4.78 is 5.95. The van der Waals surface area contributed by atoms with Crippen LogP contribution in [-0.4, -0.2) is 35.7 Å². The molecule has 7 N–H and O–H groups in total. The standard InChI is InChI=1S/C36H22O8/c37-28-25(35-26(29(38)31(28)40)27-30(39)32(41)33(42)34(43)36(27)44-35)24-21-11-5-3-9-19(21)23(20-10-4-6-12-22(20)24)18-14-13-16-7-1-2-8-17(16)15-18/h1-15,37-43H. The van der Waals surface area contributed by atoms with Gasteiger partial charge in [0.05, 0.1) is 16.3 Å². The summed E-state index contributed by atoms with van der Waals surface area (Å²) in [5, 5.41) is 79.7. The second kappa shape index (κ2) is 8.86. The molecule has 8 aromatic rings. The molecule has 0 amide bonds. The predicted molar refractivity (Wildman–Crippen MR) is 169 cm³/mol. The van der Waals surface area contributed by atoms with Crippen LogP contribution in [0.5, 0.6) is 40.2 Å². The monoisotopic (exact) mass is 582 g/mol. The lowest BCUT2D eigenvalue weighted by atomic mass is 9.84. The summed E-state index contributed by atoms with van der Waals surface area (Å²) in [5.74, 6) is -6.29. The summed E-state index contributed by atoms with van der Waals surface area (Å²) >= 11 is 0. The molecule has 0 unspecified atom stereocenters. The fourth-order valence-electron chi connectivity index (χ4n) is 6.42. The van der Waals surface area contributed by atoms with E-state index < -0.39 is 45.8 Å². The van der Waals surface area contributed by atoms with Crippen LogP contribution < -0.4 is 0 Å². The van der Waals surface area contributed by atoms with Crippen LogP contribution in [0.3, 0.4) is 0 Å². The van der Waals surface area contributed by atoms with Crippen molar-refractivity contribution in [2.24, 2.45) is 0 Å². The molecule has 0 saturated heterocycles. The Morgan fingerprint density at radius 2 is 0.841 bits per heavy atom. The van der Waals surface area contributed by atoms with Crippen molar-refractivity contribution in [2.75, 3.05) is 0 Å². The Morgan fingerprint density at radius 3 is 1.45 bits per heavy atom. The van der Waals surface area contributed by atoms with Gasteiger partial charge < -0.3 is 40.2 Å². The number of benzene rings is 7. The average molecular weight is 583 g/mol. The van der Waals surface area contributed by atoms with Gasteiger partial charge in [-0.25, -0.2) is 0 Å². The predicted octanol–water partition coefficient (Wildman–Crippen LogP) is 8.32. The van der Waals surface area contributed by atoms with Gasteiger partial charge >= 0.3 is 0 Å². The molecule has 1 heterocycles. The van der Waals surface area contributed by atoms with Gasteiger partial charge in [-0.3, -0.25) is 0 Å². The Hall–Kier alpha value is -6.28. The van der Waals surface area contributed by atoms with Gasteiger partial charge in [0.1, 0.15) is 0 Å². The van der Waals surface area contributed by atoms with E-state index >= 15 is 0 Å². The molecule has 1 aromatic heterocycles. The van der Waals surface area contributed by atoms with Crippen LogP contribution in [0, 0.1) is 0 Å². The van der Waals surface area contributed by atoms with Gasteiger partial charge in [-0.05, 0) is 49.5 Å². The lowest BCUT2D eigenvalue weighted by molar-refractivity contribution is 0.348. The highest BCUT2D eigenvalue weighted by Gasteiger charge is 2.32. The van der Waals surface area contributed by atoms with Crippen molar-refractivity contribution in [3.63, 3.8) is 0 Å². The van der Waals surface area contributed by atoms with Crippen molar-refractivity contribution in [3.05, 3.63) is 91.0 Å². The van der Waals surface area contributed by atoms with Crippen molar-refractivity contribution >= 4 is 54.3 Å². The first-order valence-electron chi connectivity index (χ1n) is 13.7. The molecule has 0 bridgehead atoms. The third-order valence-electron chi connectivity index (χ3n) is 8.40. The van der Waals surface area contributed by atoms with Gasteiger partial charge in [0.25, 0.3) is 0 Å². The zero-order valence-corrected chi connectivity index (χ0v) is 22.7.